The monoisotopic (exact) mass is 237 g/mol. The summed E-state index contributed by atoms with van der Waals surface area (Å²) >= 11 is 0. The lowest BCUT2D eigenvalue weighted by molar-refractivity contribution is 0.550. The zero-order chi connectivity index (χ0) is 12.7. The number of fused-ring (bicyclic) bond motifs is 1. The second kappa shape index (κ2) is 3.76. The zero-order valence-electron chi connectivity index (χ0n) is 10.0. The minimum Gasteiger partial charge on any atom is -0.369 e. The fourth-order valence-electron chi connectivity index (χ4n) is 1.85. The normalized spacial score (nSPS) is 13.1. The lowest BCUT2D eigenvalue weighted by atomic mass is 10.2. The third-order valence-electron chi connectivity index (χ3n) is 3.01. The smallest absolute Gasteiger partial charge is 0.329 e. The number of nitrogens with zero attached hydrogens (tertiary/aromatic N) is 3. The first kappa shape index (κ1) is 11.4. The largest absolute Gasteiger partial charge is 0.369 e. The molecule has 3 N–H and O–H groups in total. The van der Waals surface area contributed by atoms with Crippen molar-refractivity contribution in [3.8, 4) is 0 Å². The molecule has 0 aliphatic rings. The van der Waals surface area contributed by atoms with Gasteiger partial charge in [-0.2, -0.15) is 4.98 Å². The van der Waals surface area contributed by atoms with Crippen molar-refractivity contribution in [2.24, 2.45) is 7.05 Å². The van der Waals surface area contributed by atoms with Crippen LogP contribution in [0.3, 0.4) is 0 Å². The van der Waals surface area contributed by atoms with Crippen LogP contribution in [-0.4, -0.2) is 19.1 Å². The minimum atomic E-state index is -0.490. The number of aryl methyl sites for hydroxylation is 1. The first-order valence-electron chi connectivity index (χ1n) is 5.44. The van der Waals surface area contributed by atoms with Crippen LogP contribution in [0.1, 0.15) is 26.3 Å². The van der Waals surface area contributed by atoms with Gasteiger partial charge in [0.05, 0.1) is 0 Å². The molecule has 2 rings (SSSR count). The van der Waals surface area contributed by atoms with E-state index in [1.807, 2.05) is 13.8 Å². The molecular formula is C10H15N5O2. The van der Waals surface area contributed by atoms with E-state index in [9.17, 15) is 9.59 Å². The van der Waals surface area contributed by atoms with E-state index in [2.05, 4.69) is 9.97 Å². The number of aromatic nitrogens is 4. The standard InChI is InChI=1S/C10H15N5O2/c1-4-5(2)15-6-7(12-9(15)11)14(3)10(17)13-8(6)16/h5H,4H2,1-3H3,(H2,11,12)(H,13,16,17)/t5-/m0/s1. The second-order valence-electron chi connectivity index (χ2n) is 4.09. The molecule has 0 unspecified atom stereocenters. The van der Waals surface area contributed by atoms with Crippen molar-refractivity contribution in [3.63, 3.8) is 0 Å². The van der Waals surface area contributed by atoms with Gasteiger partial charge in [0.25, 0.3) is 5.56 Å². The number of hydrogen-bond donors (Lipinski definition) is 2. The number of nitrogen functional groups attached to an aromatic ring is 1. The van der Waals surface area contributed by atoms with Gasteiger partial charge >= 0.3 is 5.69 Å². The third kappa shape index (κ3) is 1.54. The van der Waals surface area contributed by atoms with Crippen LogP contribution in [0.25, 0.3) is 11.2 Å². The van der Waals surface area contributed by atoms with Crippen molar-refractivity contribution in [3.05, 3.63) is 20.8 Å². The molecule has 0 fully saturated rings. The molecule has 0 radical (unpaired) electrons. The van der Waals surface area contributed by atoms with Gasteiger partial charge in [-0.3, -0.25) is 14.3 Å². The highest BCUT2D eigenvalue weighted by Crippen LogP contribution is 2.20. The number of rotatable bonds is 2. The van der Waals surface area contributed by atoms with Gasteiger partial charge in [0.15, 0.2) is 11.2 Å². The van der Waals surface area contributed by atoms with Gasteiger partial charge < -0.3 is 10.3 Å². The SMILES string of the molecule is CC[C@H](C)n1c(N)nc2c1c(=O)[nH]c(=O)n2C. The average molecular weight is 237 g/mol. The highest BCUT2D eigenvalue weighted by atomic mass is 16.2. The Labute approximate surface area is 96.9 Å². The molecule has 0 saturated heterocycles. The molecule has 2 heterocycles. The molecule has 0 aliphatic carbocycles. The van der Waals surface area contributed by atoms with E-state index in [4.69, 9.17) is 5.73 Å². The summed E-state index contributed by atoms with van der Waals surface area (Å²) in [6.07, 6.45) is 0.817. The van der Waals surface area contributed by atoms with Crippen molar-refractivity contribution < 1.29 is 0 Å². The van der Waals surface area contributed by atoms with Gasteiger partial charge in [-0.25, -0.2) is 4.79 Å². The lowest BCUT2D eigenvalue weighted by Gasteiger charge is -2.12. The van der Waals surface area contributed by atoms with E-state index in [-0.39, 0.29) is 12.0 Å². The predicted molar refractivity (Wildman–Crippen MR) is 65.0 cm³/mol. The Hall–Kier alpha value is -2.05. The van der Waals surface area contributed by atoms with Crippen LogP contribution in [0.2, 0.25) is 0 Å². The first-order chi connectivity index (χ1) is 7.97. The van der Waals surface area contributed by atoms with E-state index in [1.165, 1.54) is 4.57 Å². The highest BCUT2D eigenvalue weighted by Gasteiger charge is 2.18. The maximum atomic E-state index is 11.8. The van der Waals surface area contributed by atoms with Gasteiger partial charge in [-0.1, -0.05) is 6.92 Å². The van der Waals surface area contributed by atoms with Gasteiger partial charge in [0, 0.05) is 13.1 Å². The highest BCUT2D eigenvalue weighted by molar-refractivity contribution is 5.73. The van der Waals surface area contributed by atoms with Gasteiger partial charge in [0.1, 0.15) is 0 Å². The molecule has 1 atom stereocenters. The minimum absolute atomic E-state index is 0.0543. The zero-order valence-corrected chi connectivity index (χ0v) is 10.0. The molecule has 7 nitrogen and oxygen atoms in total. The van der Waals surface area contributed by atoms with E-state index in [0.717, 1.165) is 6.42 Å². The predicted octanol–water partition coefficient (Wildman–Crippen LogP) is -0.0235. The lowest BCUT2D eigenvalue weighted by Crippen LogP contribution is -2.29. The van der Waals surface area contributed by atoms with E-state index in [1.54, 1.807) is 11.6 Å². The molecule has 7 heteroatoms. The molecule has 92 valence electrons. The molecule has 0 amide bonds. The summed E-state index contributed by atoms with van der Waals surface area (Å²) in [6, 6.07) is 0.0543. The summed E-state index contributed by atoms with van der Waals surface area (Å²) in [4.78, 5) is 29.6. The van der Waals surface area contributed by atoms with Crippen LogP contribution in [0.4, 0.5) is 5.95 Å². The molecule has 17 heavy (non-hydrogen) atoms. The van der Waals surface area contributed by atoms with E-state index < -0.39 is 11.2 Å². The Morgan fingerprint density at radius 1 is 1.47 bits per heavy atom. The first-order valence-corrected chi connectivity index (χ1v) is 5.44. The summed E-state index contributed by atoms with van der Waals surface area (Å²) in [5.41, 5.74) is 5.52. The maximum Gasteiger partial charge on any atom is 0.329 e. The van der Waals surface area contributed by atoms with Crippen molar-refractivity contribution in [1.82, 2.24) is 19.1 Å². The van der Waals surface area contributed by atoms with Crippen molar-refractivity contribution in [1.29, 1.82) is 0 Å². The van der Waals surface area contributed by atoms with Crippen molar-refractivity contribution in [2.75, 3.05) is 5.73 Å². The fraction of sp³-hybridized carbons (Fsp3) is 0.500. The Morgan fingerprint density at radius 2 is 2.12 bits per heavy atom. The summed E-state index contributed by atoms with van der Waals surface area (Å²) < 4.78 is 2.94. The average Bonchev–Trinajstić information content (AvgIpc) is 2.63. The summed E-state index contributed by atoms with van der Waals surface area (Å²) in [5, 5.41) is 0. The Morgan fingerprint density at radius 3 is 2.71 bits per heavy atom. The molecule has 0 aliphatic heterocycles. The number of imidazole rings is 1. The number of nitrogens with one attached hydrogen (secondary N) is 1. The number of aromatic amines is 1. The van der Waals surface area contributed by atoms with E-state index in [0.29, 0.717) is 11.2 Å². The summed E-state index contributed by atoms with van der Waals surface area (Å²) in [6.45, 7) is 3.94. The van der Waals surface area contributed by atoms with Crippen LogP contribution in [0.15, 0.2) is 9.59 Å². The molecule has 2 aromatic rings. The van der Waals surface area contributed by atoms with Gasteiger partial charge in [-0.05, 0) is 13.3 Å². The molecule has 2 aromatic heterocycles. The number of hydrogen-bond acceptors (Lipinski definition) is 4. The van der Waals surface area contributed by atoms with Crippen molar-refractivity contribution >= 4 is 17.1 Å². The molecule has 0 saturated carbocycles. The summed E-state index contributed by atoms with van der Waals surface area (Å²) in [5.74, 6) is 0.251. The quantitative estimate of drug-likeness (QED) is 0.766. The maximum absolute atomic E-state index is 11.8. The number of anilines is 1. The molecule has 0 aromatic carbocycles. The van der Waals surface area contributed by atoms with Crippen LogP contribution < -0.4 is 17.0 Å². The number of nitrogens with two attached hydrogens (primary N) is 1. The van der Waals surface area contributed by atoms with Gasteiger partial charge in [-0.15, -0.1) is 0 Å². The van der Waals surface area contributed by atoms with Crippen LogP contribution >= 0.6 is 0 Å². The van der Waals surface area contributed by atoms with Crippen LogP contribution in [0.5, 0.6) is 0 Å². The third-order valence-corrected chi connectivity index (χ3v) is 3.01. The second-order valence-corrected chi connectivity index (χ2v) is 4.09. The molecular weight excluding hydrogens is 222 g/mol. The Kier molecular flexibility index (Phi) is 2.53. The fourth-order valence-corrected chi connectivity index (χ4v) is 1.85. The Bertz CT molecular complexity index is 678. The summed E-state index contributed by atoms with van der Waals surface area (Å²) in [7, 11) is 1.55. The van der Waals surface area contributed by atoms with Crippen LogP contribution in [-0.2, 0) is 7.05 Å². The van der Waals surface area contributed by atoms with Crippen molar-refractivity contribution in [2.45, 2.75) is 26.3 Å². The van der Waals surface area contributed by atoms with Gasteiger partial charge in [0.2, 0.25) is 5.95 Å². The topological polar surface area (TPSA) is 98.7 Å². The van der Waals surface area contributed by atoms with Crippen LogP contribution in [0, 0.1) is 0 Å². The molecule has 0 spiro atoms. The Balaban J connectivity index is 2.97. The molecule has 0 bridgehead atoms. The van der Waals surface area contributed by atoms with E-state index >= 15 is 0 Å². The number of H-pyrrole nitrogens is 1.